The largest absolute Gasteiger partial charge is 0.379 e. The summed E-state index contributed by atoms with van der Waals surface area (Å²) in [5, 5.41) is 17.1. The highest BCUT2D eigenvalue weighted by molar-refractivity contribution is 6.03. The first-order valence-corrected chi connectivity index (χ1v) is 14.5. The first-order chi connectivity index (χ1) is 20.3. The fourth-order valence-corrected chi connectivity index (χ4v) is 5.95. The Morgan fingerprint density at radius 3 is 2.71 bits per heavy atom. The van der Waals surface area contributed by atoms with Crippen molar-refractivity contribution in [1.82, 2.24) is 25.0 Å². The molecule has 1 N–H and O–H groups in total. The Morgan fingerprint density at radius 1 is 1.14 bits per heavy atom. The number of aryl methyl sites for hydroxylation is 1. The number of pyridine rings is 1. The van der Waals surface area contributed by atoms with Crippen LogP contribution in [-0.4, -0.2) is 70.9 Å². The summed E-state index contributed by atoms with van der Waals surface area (Å²) in [7, 11) is 0. The minimum atomic E-state index is -0.964. The SMILES string of the molecule is Cc1cc(N2CC[C@@](C#N)(C3CC3)C2=O)cc(C(=O)NCc2cc(F)cc(-c3cnn(CCN4CCOCC4)c3)c2)n1. The van der Waals surface area contributed by atoms with E-state index < -0.39 is 17.1 Å². The van der Waals surface area contributed by atoms with E-state index in [1.807, 2.05) is 16.9 Å². The van der Waals surface area contributed by atoms with Crippen molar-refractivity contribution in [3.63, 3.8) is 0 Å². The van der Waals surface area contributed by atoms with Crippen molar-refractivity contribution < 1.29 is 18.7 Å². The molecule has 2 saturated heterocycles. The van der Waals surface area contributed by atoms with Gasteiger partial charge in [0.2, 0.25) is 5.91 Å². The number of halogens is 1. The molecule has 1 aromatic carbocycles. The van der Waals surface area contributed by atoms with E-state index in [4.69, 9.17) is 4.74 Å². The molecule has 0 bridgehead atoms. The van der Waals surface area contributed by atoms with E-state index in [-0.39, 0.29) is 24.1 Å². The molecule has 3 aliphatic rings. The van der Waals surface area contributed by atoms with Crippen LogP contribution in [0.1, 0.15) is 41.0 Å². The Balaban J connectivity index is 1.11. The maximum atomic E-state index is 14.6. The van der Waals surface area contributed by atoms with E-state index in [1.54, 1.807) is 30.2 Å². The summed E-state index contributed by atoms with van der Waals surface area (Å²) in [5.74, 6) is -0.910. The van der Waals surface area contributed by atoms with E-state index in [0.717, 1.165) is 57.8 Å². The highest BCUT2D eigenvalue weighted by Crippen LogP contribution is 2.51. The van der Waals surface area contributed by atoms with Gasteiger partial charge in [-0.3, -0.25) is 19.2 Å². The molecule has 6 rings (SSSR count). The van der Waals surface area contributed by atoms with Crippen molar-refractivity contribution in [2.75, 3.05) is 44.3 Å². The van der Waals surface area contributed by atoms with Gasteiger partial charge in [0, 0.05) is 55.9 Å². The van der Waals surface area contributed by atoms with Gasteiger partial charge in [0.05, 0.1) is 32.0 Å². The fraction of sp³-hybridized carbons (Fsp3) is 0.452. The normalized spacial score (nSPS) is 21.0. The average molecular weight is 572 g/mol. The van der Waals surface area contributed by atoms with Crippen LogP contribution in [0.4, 0.5) is 10.1 Å². The van der Waals surface area contributed by atoms with Gasteiger partial charge < -0.3 is 15.0 Å². The number of ether oxygens (including phenoxy) is 1. The van der Waals surface area contributed by atoms with E-state index in [0.29, 0.717) is 35.5 Å². The predicted molar refractivity (Wildman–Crippen MR) is 153 cm³/mol. The molecule has 0 unspecified atom stereocenters. The highest BCUT2D eigenvalue weighted by Gasteiger charge is 2.56. The van der Waals surface area contributed by atoms with Crippen molar-refractivity contribution in [3.8, 4) is 17.2 Å². The Morgan fingerprint density at radius 2 is 1.95 bits per heavy atom. The number of amides is 2. The number of benzene rings is 1. The van der Waals surface area contributed by atoms with Gasteiger partial charge in [0.1, 0.15) is 16.9 Å². The molecule has 1 aliphatic carbocycles. The van der Waals surface area contributed by atoms with Gasteiger partial charge in [0.25, 0.3) is 5.91 Å². The first kappa shape index (κ1) is 28.0. The van der Waals surface area contributed by atoms with E-state index in [1.165, 1.54) is 12.1 Å². The van der Waals surface area contributed by atoms with Crippen molar-refractivity contribution in [1.29, 1.82) is 5.26 Å². The Kier molecular flexibility index (Phi) is 7.75. The number of nitriles is 1. The topological polar surface area (TPSA) is 116 Å². The third-order valence-electron chi connectivity index (χ3n) is 8.44. The lowest BCUT2D eigenvalue weighted by Crippen LogP contribution is -2.38. The third-order valence-corrected chi connectivity index (χ3v) is 8.44. The maximum Gasteiger partial charge on any atom is 0.270 e. The second kappa shape index (κ2) is 11.6. The number of rotatable bonds is 9. The molecule has 3 aromatic rings. The highest BCUT2D eigenvalue weighted by atomic mass is 19.1. The molecular weight excluding hydrogens is 537 g/mol. The standard InChI is InChI=1S/C31H34FN7O3/c1-21-12-27(39-5-4-31(20-33,30(39)41)25-2-3-25)16-28(36-21)29(40)34-17-22-13-23(15-26(32)14-22)24-18-35-38(19-24)7-6-37-8-10-42-11-9-37/h12-16,18-19,25H,2-11,17H2,1H3,(H,34,40)/t31-/m1/s1. The summed E-state index contributed by atoms with van der Waals surface area (Å²) in [4.78, 5) is 34.7. The Labute approximate surface area is 244 Å². The molecule has 42 heavy (non-hydrogen) atoms. The van der Waals surface area contributed by atoms with Crippen LogP contribution < -0.4 is 10.2 Å². The second-order valence-electron chi connectivity index (χ2n) is 11.4. The summed E-state index contributed by atoms with van der Waals surface area (Å²) in [6, 6.07) is 10.3. The lowest BCUT2D eigenvalue weighted by molar-refractivity contribution is -0.123. The molecule has 2 aliphatic heterocycles. The van der Waals surface area contributed by atoms with Crippen LogP contribution in [-0.2, 0) is 22.6 Å². The molecule has 0 radical (unpaired) electrons. The van der Waals surface area contributed by atoms with Crippen LogP contribution in [0.5, 0.6) is 0 Å². The van der Waals surface area contributed by atoms with Crippen LogP contribution in [0, 0.1) is 35.4 Å². The summed E-state index contributed by atoms with van der Waals surface area (Å²) < 4.78 is 21.8. The van der Waals surface area contributed by atoms with Crippen LogP contribution >= 0.6 is 0 Å². The molecular formula is C31H34FN7O3. The molecule has 2 aromatic heterocycles. The van der Waals surface area contributed by atoms with Gasteiger partial charge in [-0.25, -0.2) is 9.37 Å². The number of nitrogens with zero attached hydrogens (tertiary/aromatic N) is 6. The monoisotopic (exact) mass is 571 g/mol. The molecule has 0 spiro atoms. The van der Waals surface area contributed by atoms with Gasteiger partial charge in [-0.05, 0) is 73.6 Å². The number of morpholine rings is 1. The number of hydrogen-bond acceptors (Lipinski definition) is 7. The molecule has 11 heteroatoms. The summed E-state index contributed by atoms with van der Waals surface area (Å²) in [6.07, 6.45) is 5.91. The lowest BCUT2D eigenvalue weighted by Gasteiger charge is -2.26. The average Bonchev–Trinajstić information content (AvgIpc) is 3.64. The van der Waals surface area contributed by atoms with Gasteiger partial charge in [-0.1, -0.05) is 0 Å². The number of anilines is 1. The molecule has 1 saturated carbocycles. The number of aromatic nitrogens is 3. The van der Waals surface area contributed by atoms with E-state index in [2.05, 4.69) is 26.4 Å². The van der Waals surface area contributed by atoms with Gasteiger partial charge in [-0.2, -0.15) is 10.4 Å². The van der Waals surface area contributed by atoms with Gasteiger partial charge in [0.15, 0.2) is 0 Å². The van der Waals surface area contributed by atoms with Crippen molar-refractivity contribution in [2.45, 2.75) is 39.3 Å². The Hall–Kier alpha value is -4.14. The van der Waals surface area contributed by atoms with Crippen LogP contribution in [0.25, 0.3) is 11.1 Å². The zero-order chi connectivity index (χ0) is 29.3. The minimum Gasteiger partial charge on any atom is -0.379 e. The van der Waals surface area contributed by atoms with Gasteiger partial charge in [-0.15, -0.1) is 0 Å². The fourth-order valence-electron chi connectivity index (χ4n) is 5.95. The maximum absolute atomic E-state index is 14.6. The zero-order valence-corrected chi connectivity index (χ0v) is 23.7. The van der Waals surface area contributed by atoms with Crippen molar-refractivity contribution in [2.24, 2.45) is 11.3 Å². The molecule has 4 heterocycles. The number of carbonyl (C=O) groups excluding carboxylic acids is 2. The molecule has 218 valence electrons. The van der Waals surface area contributed by atoms with Crippen LogP contribution in [0.3, 0.4) is 0 Å². The quantitative estimate of drug-likeness (QED) is 0.419. The number of carbonyl (C=O) groups is 2. The third kappa shape index (κ3) is 5.78. The lowest BCUT2D eigenvalue weighted by atomic mass is 9.83. The summed E-state index contributed by atoms with van der Waals surface area (Å²) in [6.45, 7) is 7.20. The predicted octanol–water partition coefficient (Wildman–Crippen LogP) is 3.31. The first-order valence-electron chi connectivity index (χ1n) is 14.5. The summed E-state index contributed by atoms with van der Waals surface area (Å²) in [5.41, 5.74) is 2.43. The smallest absolute Gasteiger partial charge is 0.270 e. The Bertz CT molecular complexity index is 1540. The molecule has 3 fully saturated rings. The zero-order valence-electron chi connectivity index (χ0n) is 23.7. The van der Waals surface area contributed by atoms with Crippen LogP contribution in [0.15, 0.2) is 42.7 Å². The number of hydrogen-bond donors (Lipinski definition) is 1. The van der Waals surface area contributed by atoms with E-state index in [9.17, 15) is 19.2 Å². The molecule has 2 amide bonds. The molecule has 1 atom stereocenters. The van der Waals surface area contributed by atoms with Gasteiger partial charge >= 0.3 is 0 Å². The summed E-state index contributed by atoms with van der Waals surface area (Å²) >= 11 is 0. The number of nitrogens with one attached hydrogen (secondary N) is 1. The van der Waals surface area contributed by atoms with Crippen molar-refractivity contribution >= 4 is 17.5 Å². The van der Waals surface area contributed by atoms with Crippen molar-refractivity contribution in [3.05, 3.63) is 65.5 Å². The minimum absolute atomic E-state index is 0.0988. The van der Waals surface area contributed by atoms with E-state index >= 15 is 0 Å². The molecule has 10 nitrogen and oxygen atoms in total. The second-order valence-corrected chi connectivity index (χ2v) is 11.4. The van der Waals surface area contributed by atoms with Crippen LogP contribution in [0.2, 0.25) is 0 Å².